The molecule has 0 aliphatic carbocycles. The van der Waals surface area contributed by atoms with Gasteiger partial charge in [-0.1, -0.05) is 116 Å². The molecule has 0 bridgehead atoms. The molecule has 3 heteroatoms. The number of rotatable bonds is 20. The van der Waals surface area contributed by atoms with E-state index in [0.29, 0.717) is 5.57 Å². The van der Waals surface area contributed by atoms with Crippen LogP contribution >= 0.6 is 0 Å². The van der Waals surface area contributed by atoms with Crippen molar-refractivity contribution < 1.29 is 14.3 Å². The van der Waals surface area contributed by atoms with E-state index in [0.717, 1.165) is 19.3 Å². The fraction of sp³-hybridized carbons (Fsp3) is 0.769. The summed E-state index contributed by atoms with van der Waals surface area (Å²) in [5.41, 5.74) is 0.495. The third-order valence-corrected chi connectivity index (χ3v) is 5.44. The lowest BCUT2D eigenvalue weighted by Crippen LogP contribution is -2.15. The standard InChI is InChI=1S/C26H46O3/c1-5-6-7-8-9-10-11-12-13-14-15-16-17-18-19-20-21-22-24(26(28)29-4)25(27)23(2)3/h22H,2,5-21H2,1,3-4H3. The molecule has 0 aliphatic heterocycles. The Balaban J connectivity index is 3.55. The summed E-state index contributed by atoms with van der Waals surface area (Å²) in [7, 11) is 1.30. The molecular weight excluding hydrogens is 360 g/mol. The Morgan fingerprint density at radius 1 is 0.724 bits per heavy atom. The summed E-state index contributed by atoms with van der Waals surface area (Å²) in [6, 6.07) is 0. The number of esters is 1. The molecule has 0 heterocycles. The third-order valence-electron chi connectivity index (χ3n) is 5.44. The van der Waals surface area contributed by atoms with E-state index in [4.69, 9.17) is 4.74 Å². The van der Waals surface area contributed by atoms with Crippen molar-refractivity contribution in [3.8, 4) is 0 Å². The highest BCUT2D eigenvalue weighted by Gasteiger charge is 2.18. The molecular formula is C26H46O3. The first-order valence-corrected chi connectivity index (χ1v) is 12.0. The van der Waals surface area contributed by atoms with Crippen LogP contribution in [0.1, 0.15) is 123 Å². The zero-order valence-electron chi connectivity index (χ0n) is 19.5. The first kappa shape index (κ1) is 27.6. The molecule has 0 aromatic heterocycles. The average Bonchev–Trinajstić information content (AvgIpc) is 2.72. The van der Waals surface area contributed by atoms with E-state index >= 15 is 0 Å². The molecule has 0 saturated heterocycles. The summed E-state index contributed by atoms with van der Waals surface area (Å²) in [6.45, 7) is 7.51. The second kappa shape index (κ2) is 19.9. The first-order chi connectivity index (χ1) is 14.0. The predicted molar refractivity (Wildman–Crippen MR) is 124 cm³/mol. The maximum atomic E-state index is 12.0. The van der Waals surface area contributed by atoms with Gasteiger partial charge in [0.15, 0.2) is 5.78 Å². The Morgan fingerprint density at radius 2 is 1.10 bits per heavy atom. The van der Waals surface area contributed by atoms with E-state index in [9.17, 15) is 9.59 Å². The number of ether oxygens (including phenoxy) is 1. The van der Waals surface area contributed by atoms with Crippen LogP contribution in [0.5, 0.6) is 0 Å². The molecule has 0 radical (unpaired) electrons. The molecule has 0 N–H and O–H groups in total. The van der Waals surface area contributed by atoms with Crippen molar-refractivity contribution in [3.05, 3.63) is 23.8 Å². The molecule has 0 spiro atoms. The molecule has 0 aromatic carbocycles. The highest BCUT2D eigenvalue weighted by molar-refractivity contribution is 6.23. The number of allylic oxidation sites excluding steroid dienone is 2. The van der Waals surface area contributed by atoms with Gasteiger partial charge in [0.2, 0.25) is 0 Å². The molecule has 0 rings (SSSR count). The zero-order chi connectivity index (χ0) is 21.7. The summed E-state index contributed by atoms with van der Waals surface area (Å²) in [5, 5.41) is 0. The lowest BCUT2D eigenvalue weighted by molar-refractivity contribution is -0.137. The van der Waals surface area contributed by atoms with Gasteiger partial charge < -0.3 is 4.74 Å². The van der Waals surface area contributed by atoms with Crippen molar-refractivity contribution >= 4 is 11.8 Å². The smallest absolute Gasteiger partial charge is 0.341 e. The minimum Gasteiger partial charge on any atom is -0.465 e. The highest BCUT2D eigenvalue weighted by atomic mass is 16.5. The van der Waals surface area contributed by atoms with Crippen LogP contribution in [0, 0.1) is 0 Å². The molecule has 29 heavy (non-hydrogen) atoms. The zero-order valence-corrected chi connectivity index (χ0v) is 19.5. The second-order valence-corrected chi connectivity index (χ2v) is 8.31. The van der Waals surface area contributed by atoms with E-state index in [2.05, 4.69) is 13.5 Å². The molecule has 0 atom stereocenters. The van der Waals surface area contributed by atoms with Gasteiger partial charge in [0.25, 0.3) is 0 Å². The molecule has 0 fully saturated rings. The van der Waals surface area contributed by atoms with E-state index in [1.165, 1.54) is 97.0 Å². The summed E-state index contributed by atoms with van der Waals surface area (Å²) < 4.78 is 4.70. The third kappa shape index (κ3) is 16.1. The monoisotopic (exact) mass is 406 g/mol. The van der Waals surface area contributed by atoms with Crippen LogP contribution in [-0.2, 0) is 14.3 Å². The summed E-state index contributed by atoms with van der Waals surface area (Å²) in [6.07, 6.45) is 23.8. The van der Waals surface area contributed by atoms with Crippen molar-refractivity contribution in [3.63, 3.8) is 0 Å². The Morgan fingerprint density at radius 3 is 1.45 bits per heavy atom. The Kier molecular flexibility index (Phi) is 19.0. The number of ketones is 1. The average molecular weight is 407 g/mol. The van der Waals surface area contributed by atoms with Crippen LogP contribution in [0.25, 0.3) is 0 Å². The van der Waals surface area contributed by atoms with Crippen LogP contribution < -0.4 is 0 Å². The van der Waals surface area contributed by atoms with Gasteiger partial charge >= 0.3 is 5.97 Å². The number of carbonyl (C=O) groups excluding carboxylic acids is 2. The van der Waals surface area contributed by atoms with Gasteiger partial charge in [0.05, 0.1) is 7.11 Å². The predicted octanol–water partition coefficient (Wildman–Crippen LogP) is 7.88. The first-order valence-electron chi connectivity index (χ1n) is 12.0. The van der Waals surface area contributed by atoms with Gasteiger partial charge in [0.1, 0.15) is 5.57 Å². The molecule has 0 saturated carbocycles. The quantitative estimate of drug-likeness (QED) is 0.0678. The molecule has 0 amide bonds. The largest absolute Gasteiger partial charge is 0.465 e. The number of hydrogen-bond donors (Lipinski definition) is 0. The number of unbranched alkanes of at least 4 members (excludes halogenated alkanes) is 16. The van der Waals surface area contributed by atoms with Crippen molar-refractivity contribution in [2.24, 2.45) is 0 Å². The van der Waals surface area contributed by atoms with Gasteiger partial charge in [-0.2, -0.15) is 0 Å². The maximum absolute atomic E-state index is 12.0. The second-order valence-electron chi connectivity index (χ2n) is 8.31. The van der Waals surface area contributed by atoms with Crippen LogP contribution in [-0.4, -0.2) is 18.9 Å². The fourth-order valence-corrected chi connectivity index (χ4v) is 3.55. The van der Waals surface area contributed by atoms with E-state index in [1.807, 2.05) is 0 Å². The Hall–Kier alpha value is -1.38. The SMILES string of the molecule is C=C(C)C(=O)C(=CCCCCCCCCCCCCCCCCCC)C(=O)OC. The van der Waals surface area contributed by atoms with Gasteiger partial charge in [-0.05, 0) is 25.3 Å². The Bertz CT molecular complexity index is 476. The Labute approximate surface area is 180 Å². The van der Waals surface area contributed by atoms with Gasteiger partial charge in [0, 0.05) is 0 Å². The molecule has 0 aliphatic rings. The summed E-state index contributed by atoms with van der Waals surface area (Å²) in [5.74, 6) is -0.872. The number of Topliss-reactive ketones (excluding diaryl/α,β-unsaturated/α-hetero) is 1. The van der Waals surface area contributed by atoms with E-state index in [1.54, 1.807) is 13.0 Å². The summed E-state index contributed by atoms with van der Waals surface area (Å²) in [4.78, 5) is 23.7. The van der Waals surface area contributed by atoms with Crippen LogP contribution in [0.2, 0.25) is 0 Å². The van der Waals surface area contributed by atoms with E-state index in [-0.39, 0.29) is 11.4 Å². The van der Waals surface area contributed by atoms with Gasteiger partial charge in [-0.3, -0.25) is 4.79 Å². The van der Waals surface area contributed by atoms with Gasteiger partial charge in [-0.15, -0.1) is 0 Å². The van der Waals surface area contributed by atoms with Crippen LogP contribution in [0.15, 0.2) is 23.8 Å². The summed E-state index contributed by atoms with van der Waals surface area (Å²) >= 11 is 0. The normalized spacial score (nSPS) is 11.5. The molecule has 0 unspecified atom stereocenters. The van der Waals surface area contributed by atoms with Crippen molar-refractivity contribution in [1.29, 1.82) is 0 Å². The number of hydrogen-bond acceptors (Lipinski definition) is 3. The number of methoxy groups -OCH3 is 1. The highest BCUT2D eigenvalue weighted by Crippen LogP contribution is 2.15. The van der Waals surface area contributed by atoms with Crippen LogP contribution in [0.3, 0.4) is 0 Å². The molecule has 168 valence electrons. The lowest BCUT2D eigenvalue weighted by Gasteiger charge is -2.05. The van der Waals surface area contributed by atoms with Crippen molar-refractivity contribution in [2.75, 3.05) is 7.11 Å². The fourth-order valence-electron chi connectivity index (χ4n) is 3.55. The topological polar surface area (TPSA) is 43.4 Å². The van der Waals surface area contributed by atoms with Gasteiger partial charge in [-0.25, -0.2) is 4.79 Å². The van der Waals surface area contributed by atoms with Crippen molar-refractivity contribution in [2.45, 2.75) is 123 Å². The maximum Gasteiger partial charge on any atom is 0.341 e. The van der Waals surface area contributed by atoms with E-state index < -0.39 is 5.97 Å². The van der Waals surface area contributed by atoms with Crippen molar-refractivity contribution in [1.82, 2.24) is 0 Å². The minimum atomic E-state index is -0.561. The van der Waals surface area contributed by atoms with Crippen LogP contribution in [0.4, 0.5) is 0 Å². The number of carbonyl (C=O) groups is 2. The molecule has 0 aromatic rings. The minimum absolute atomic E-state index is 0.126. The molecule has 3 nitrogen and oxygen atoms in total. The lowest BCUT2D eigenvalue weighted by atomic mass is 10.0.